The van der Waals surface area contributed by atoms with Crippen LogP contribution in [0, 0.1) is 0 Å². The molecule has 0 aliphatic carbocycles. The molecule has 0 bridgehead atoms. The van der Waals surface area contributed by atoms with Crippen molar-refractivity contribution in [1.82, 2.24) is 10.2 Å². The molecule has 27 heavy (non-hydrogen) atoms. The number of ether oxygens (including phenoxy) is 1. The predicted molar refractivity (Wildman–Crippen MR) is 87.7 cm³/mol. The Hall–Kier alpha value is -1.26. The van der Waals surface area contributed by atoms with Gasteiger partial charge in [-0.1, -0.05) is 12.1 Å². The van der Waals surface area contributed by atoms with Gasteiger partial charge in [0.1, 0.15) is 5.75 Å². The Bertz CT molecular complexity index is 563. The van der Waals surface area contributed by atoms with Crippen LogP contribution in [0.15, 0.2) is 24.3 Å². The lowest BCUT2D eigenvalue weighted by Crippen LogP contribution is -2.45. The third-order valence-corrected chi connectivity index (χ3v) is 4.07. The van der Waals surface area contributed by atoms with Crippen LogP contribution in [-0.2, 0) is 0 Å². The van der Waals surface area contributed by atoms with Crippen molar-refractivity contribution in [1.29, 1.82) is 0 Å². The SMILES string of the molecule is Cl.FC(F)C(F)(F)Oc1ccc([C@H](CCC(F)(F)F)N2CCNCC2)cc1. The van der Waals surface area contributed by atoms with Gasteiger partial charge in [0.05, 0.1) is 0 Å². The zero-order chi connectivity index (χ0) is 19.4. The van der Waals surface area contributed by atoms with E-state index in [-0.39, 0.29) is 18.8 Å². The standard InChI is InChI=1S/C16H19F7N2O.ClH/c17-14(18)16(22,23)26-12-3-1-11(2-4-12)13(5-6-15(19,20)21)25-9-7-24-8-10-25;/h1-4,13-14,24H,5-10H2;1H/t13-;/m0./s1. The first-order valence-corrected chi connectivity index (χ1v) is 8.05. The van der Waals surface area contributed by atoms with E-state index >= 15 is 0 Å². The minimum atomic E-state index is -4.63. The summed E-state index contributed by atoms with van der Waals surface area (Å²) in [5.41, 5.74) is 0.490. The summed E-state index contributed by atoms with van der Waals surface area (Å²) in [6.07, 6.45) is -14.1. The van der Waals surface area contributed by atoms with Crippen LogP contribution in [0.1, 0.15) is 24.4 Å². The highest BCUT2D eigenvalue weighted by Crippen LogP contribution is 2.33. The monoisotopic (exact) mass is 424 g/mol. The zero-order valence-corrected chi connectivity index (χ0v) is 14.9. The number of hydrogen-bond acceptors (Lipinski definition) is 3. The third kappa shape index (κ3) is 7.34. The molecule has 1 heterocycles. The molecule has 1 aromatic carbocycles. The van der Waals surface area contributed by atoms with Crippen LogP contribution in [0.2, 0.25) is 0 Å². The lowest BCUT2D eigenvalue weighted by Gasteiger charge is -2.35. The third-order valence-electron chi connectivity index (χ3n) is 4.07. The molecular weight excluding hydrogens is 405 g/mol. The summed E-state index contributed by atoms with van der Waals surface area (Å²) in [5, 5.41) is 3.10. The Balaban J connectivity index is 0.00000364. The van der Waals surface area contributed by atoms with Crippen LogP contribution in [0.25, 0.3) is 0 Å². The molecule has 3 nitrogen and oxygen atoms in total. The van der Waals surface area contributed by atoms with Gasteiger partial charge in [-0.15, -0.1) is 12.4 Å². The minimum Gasteiger partial charge on any atom is -0.428 e. The van der Waals surface area contributed by atoms with Crippen molar-refractivity contribution in [3.8, 4) is 5.75 Å². The smallest absolute Gasteiger partial charge is 0.428 e. The lowest BCUT2D eigenvalue weighted by molar-refractivity contribution is -0.253. The Kier molecular flexibility index (Phi) is 8.62. The normalized spacial score (nSPS) is 17.5. The summed E-state index contributed by atoms with van der Waals surface area (Å²) in [6.45, 7) is 2.35. The molecular formula is C16H20ClF7N2O. The largest absolute Gasteiger partial charge is 0.461 e. The van der Waals surface area contributed by atoms with Crippen LogP contribution in [0.3, 0.4) is 0 Å². The van der Waals surface area contributed by atoms with Crippen molar-refractivity contribution >= 4 is 12.4 Å². The summed E-state index contributed by atoms with van der Waals surface area (Å²) >= 11 is 0. The van der Waals surface area contributed by atoms with Gasteiger partial charge < -0.3 is 10.1 Å². The van der Waals surface area contributed by atoms with Gasteiger partial charge in [-0.25, -0.2) is 0 Å². The topological polar surface area (TPSA) is 24.5 Å². The molecule has 1 saturated heterocycles. The van der Waals surface area contributed by atoms with E-state index in [1.165, 1.54) is 12.1 Å². The molecule has 1 aliphatic heterocycles. The molecule has 1 aliphatic rings. The maximum atomic E-state index is 12.9. The van der Waals surface area contributed by atoms with Crippen molar-refractivity contribution in [2.75, 3.05) is 26.2 Å². The Morgan fingerprint density at radius 1 is 1.00 bits per heavy atom. The molecule has 1 aromatic rings. The van der Waals surface area contributed by atoms with Gasteiger partial charge >= 0.3 is 18.7 Å². The second kappa shape index (κ2) is 9.79. The fourth-order valence-corrected chi connectivity index (χ4v) is 2.81. The van der Waals surface area contributed by atoms with Crippen molar-refractivity contribution in [3.05, 3.63) is 29.8 Å². The van der Waals surface area contributed by atoms with Crippen molar-refractivity contribution < 1.29 is 35.5 Å². The molecule has 11 heteroatoms. The van der Waals surface area contributed by atoms with Gasteiger partial charge in [-0.2, -0.15) is 30.7 Å². The van der Waals surface area contributed by atoms with E-state index in [1.807, 2.05) is 4.90 Å². The van der Waals surface area contributed by atoms with E-state index < -0.39 is 36.9 Å². The van der Waals surface area contributed by atoms with E-state index in [4.69, 9.17) is 0 Å². The van der Waals surface area contributed by atoms with Crippen LogP contribution in [0.5, 0.6) is 5.75 Å². The average molecular weight is 425 g/mol. The van der Waals surface area contributed by atoms with E-state index in [0.717, 1.165) is 12.1 Å². The van der Waals surface area contributed by atoms with Crippen LogP contribution >= 0.6 is 12.4 Å². The summed E-state index contributed by atoms with van der Waals surface area (Å²) in [7, 11) is 0. The van der Waals surface area contributed by atoms with Gasteiger partial charge in [-0.05, 0) is 24.1 Å². The second-order valence-corrected chi connectivity index (χ2v) is 5.99. The predicted octanol–water partition coefficient (Wildman–Crippen LogP) is 4.63. The fraction of sp³-hybridized carbons (Fsp3) is 0.625. The zero-order valence-electron chi connectivity index (χ0n) is 14.1. The van der Waals surface area contributed by atoms with E-state index in [0.29, 0.717) is 31.7 Å². The summed E-state index contributed by atoms with van der Waals surface area (Å²) in [4.78, 5) is 1.88. The molecule has 0 unspecified atom stereocenters. The summed E-state index contributed by atoms with van der Waals surface area (Å²) in [6, 6.07) is 4.24. The number of benzene rings is 1. The maximum absolute atomic E-state index is 12.9. The Labute approximate surface area is 158 Å². The number of alkyl halides is 7. The van der Waals surface area contributed by atoms with Gasteiger partial charge in [0.25, 0.3) is 0 Å². The minimum absolute atomic E-state index is 0. The van der Waals surface area contributed by atoms with Gasteiger partial charge in [0.2, 0.25) is 0 Å². The number of nitrogens with one attached hydrogen (secondary N) is 1. The molecule has 0 aromatic heterocycles. The Morgan fingerprint density at radius 2 is 1.56 bits per heavy atom. The van der Waals surface area contributed by atoms with Crippen molar-refractivity contribution in [2.24, 2.45) is 0 Å². The fourth-order valence-electron chi connectivity index (χ4n) is 2.81. The second-order valence-electron chi connectivity index (χ2n) is 5.99. The number of halogens is 8. The van der Waals surface area contributed by atoms with Crippen LogP contribution < -0.4 is 10.1 Å². The number of piperazine rings is 1. The molecule has 1 N–H and O–H groups in total. The highest BCUT2D eigenvalue weighted by Gasteiger charge is 2.44. The van der Waals surface area contributed by atoms with Crippen molar-refractivity contribution in [3.63, 3.8) is 0 Å². The highest BCUT2D eigenvalue weighted by molar-refractivity contribution is 5.85. The van der Waals surface area contributed by atoms with E-state index in [9.17, 15) is 30.7 Å². The first kappa shape index (κ1) is 23.8. The molecule has 0 spiro atoms. The average Bonchev–Trinajstić information content (AvgIpc) is 2.56. The van der Waals surface area contributed by atoms with E-state index in [2.05, 4.69) is 10.1 Å². The van der Waals surface area contributed by atoms with Crippen LogP contribution in [0.4, 0.5) is 30.7 Å². The molecule has 0 radical (unpaired) electrons. The molecule has 1 atom stereocenters. The molecule has 1 fully saturated rings. The molecule has 0 amide bonds. The van der Waals surface area contributed by atoms with Gasteiger partial charge in [0.15, 0.2) is 0 Å². The highest BCUT2D eigenvalue weighted by atomic mass is 35.5. The van der Waals surface area contributed by atoms with Gasteiger partial charge in [0, 0.05) is 38.6 Å². The lowest BCUT2D eigenvalue weighted by atomic mass is 9.99. The summed E-state index contributed by atoms with van der Waals surface area (Å²) < 4.78 is 92.0. The van der Waals surface area contributed by atoms with Crippen LogP contribution in [-0.4, -0.2) is 49.8 Å². The number of hydrogen-bond donors (Lipinski definition) is 1. The van der Waals surface area contributed by atoms with E-state index in [1.54, 1.807) is 0 Å². The summed E-state index contributed by atoms with van der Waals surface area (Å²) in [5.74, 6) is -0.478. The number of nitrogens with zero attached hydrogens (tertiary/aromatic N) is 1. The maximum Gasteiger partial charge on any atom is 0.461 e. The molecule has 156 valence electrons. The molecule has 2 rings (SSSR count). The van der Waals surface area contributed by atoms with Crippen molar-refractivity contribution in [2.45, 2.75) is 37.6 Å². The molecule has 0 saturated carbocycles. The first-order chi connectivity index (χ1) is 12.1. The van der Waals surface area contributed by atoms with Gasteiger partial charge in [-0.3, -0.25) is 4.90 Å². The Morgan fingerprint density at radius 3 is 2.04 bits per heavy atom. The number of rotatable bonds is 7. The first-order valence-electron chi connectivity index (χ1n) is 8.05. The quantitative estimate of drug-likeness (QED) is 0.646.